The molecule has 2 aromatic rings. The number of hydrazine groups is 1. The first-order valence-corrected chi connectivity index (χ1v) is 18.6. The van der Waals surface area contributed by atoms with E-state index in [1.165, 1.54) is 29.8 Å². The first-order valence-electron chi connectivity index (χ1n) is 17.2. The van der Waals surface area contributed by atoms with Crippen molar-refractivity contribution in [2.24, 2.45) is 46.8 Å². The van der Waals surface area contributed by atoms with E-state index in [2.05, 4.69) is 32.7 Å². The molecule has 1 spiro atoms. The van der Waals surface area contributed by atoms with E-state index >= 15 is 0 Å². The van der Waals surface area contributed by atoms with Crippen LogP contribution in [-0.4, -0.2) is 46.9 Å². The van der Waals surface area contributed by atoms with Gasteiger partial charge in [-0.25, -0.2) is 5.01 Å². The molecule has 10 atom stereocenters. The fourth-order valence-electron chi connectivity index (χ4n) is 11.3. The maximum Gasteiger partial charge on any atom is 0.282 e. The van der Waals surface area contributed by atoms with E-state index in [1.54, 1.807) is 23.3 Å². The van der Waals surface area contributed by atoms with Crippen molar-refractivity contribution < 1.29 is 13.2 Å². The van der Waals surface area contributed by atoms with Crippen molar-refractivity contribution in [3.63, 3.8) is 0 Å². The summed E-state index contributed by atoms with van der Waals surface area (Å²) in [5.74, 6) is 10.2. The van der Waals surface area contributed by atoms with Gasteiger partial charge in [0.05, 0.1) is 28.3 Å². The Hall–Kier alpha value is -2.00. The summed E-state index contributed by atoms with van der Waals surface area (Å²) in [5, 5.41) is 6.81. The van der Waals surface area contributed by atoms with Gasteiger partial charge < -0.3 is 4.74 Å². The number of allylic oxidation sites excluding steroid dienone is 1. The van der Waals surface area contributed by atoms with E-state index in [0.717, 1.165) is 55.5 Å². The van der Waals surface area contributed by atoms with Gasteiger partial charge in [0.15, 0.2) is 0 Å². The summed E-state index contributed by atoms with van der Waals surface area (Å²) in [6.45, 7) is 12.6. The zero-order valence-corrected chi connectivity index (χ0v) is 27.9. The lowest BCUT2D eigenvalue weighted by molar-refractivity contribution is -0.0803. The van der Waals surface area contributed by atoms with Crippen LogP contribution in [0.2, 0.25) is 0 Å². The van der Waals surface area contributed by atoms with Gasteiger partial charge in [0.2, 0.25) is 0 Å². The van der Waals surface area contributed by atoms with E-state index in [9.17, 15) is 8.42 Å². The third-order valence-corrected chi connectivity index (χ3v) is 15.2. The summed E-state index contributed by atoms with van der Waals surface area (Å²) in [4.78, 5) is 0.302. The molecule has 7 nitrogen and oxygen atoms in total. The fraction of sp³-hybridized carbons (Fsp3) is 0.694. The summed E-state index contributed by atoms with van der Waals surface area (Å²) in [7, 11) is -3.70. The minimum Gasteiger partial charge on any atom is -0.369 e. The predicted octanol–water partition coefficient (Wildman–Crippen LogP) is 6.05. The average molecular weight is 619 g/mol. The standard InChI is InChI=1S/C36H50N4O3S/c1-21-6-9-27(10-7-21)44(41,42)40-20-25-18-35(5)26(15-32(25)38-40)8-11-29-28-12-13-36(17-23(3)30(28)16-31(29)35)24(4)34-33(43-36)14-22(2)19-39(34)37/h6-7,9-10,20,22,24,26,28-29,31,33-34H,8,11-19,37H2,1-5H3/t22-,24+,26+,28-,29-,31-,33+,34-,35-,36-/m0/s1. The molecule has 0 amide bonds. The van der Waals surface area contributed by atoms with Gasteiger partial charge in [-0.05, 0) is 124 Å². The third-order valence-electron chi connectivity index (χ3n) is 13.6. The lowest BCUT2D eigenvalue weighted by Crippen LogP contribution is -2.55. The molecule has 2 N–H and O–H groups in total. The normalized spacial score (nSPS) is 42.0. The predicted molar refractivity (Wildman–Crippen MR) is 171 cm³/mol. The number of aryl methyl sites for hydroxylation is 1. The smallest absolute Gasteiger partial charge is 0.282 e. The maximum absolute atomic E-state index is 13.5. The Kier molecular flexibility index (Phi) is 6.68. The number of rotatable bonds is 2. The Morgan fingerprint density at radius 1 is 1.05 bits per heavy atom. The van der Waals surface area contributed by atoms with E-state index < -0.39 is 10.0 Å². The Morgan fingerprint density at radius 3 is 2.59 bits per heavy atom. The van der Waals surface area contributed by atoms with Gasteiger partial charge in [0, 0.05) is 18.7 Å². The summed E-state index contributed by atoms with van der Waals surface area (Å²) >= 11 is 0. The molecule has 4 aliphatic carbocycles. The summed E-state index contributed by atoms with van der Waals surface area (Å²) in [6, 6.07) is 7.42. The van der Waals surface area contributed by atoms with Crippen molar-refractivity contribution in [3.8, 4) is 0 Å². The number of fused-ring (bicyclic) bond motifs is 7. The van der Waals surface area contributed by atoms with Crippen molar-refractivity contribution in [1.29, 1.82) is 0 Å². The molecule has 1 aromatic heterocycles. The molecule has 1 aromatic carbocycles. The number of hydrogen-bond acceptors (Lipinski definition) is 6. The van der Waals surface area contributed by atoms with Gasteiger partial charge in [-0.3, -0.25) is 5.84 Å². The second-order valence-corrected chi connectivity index (χ2v) is 17.9. The van der Waals surface area contributed by atoms with E-state index in [4.69, 9.17) is 15.7 Å². The Morgan fingerprint density at radius 2 is 1.82 bits per heavy atom. The van der Waals surface area contributed by atoms with Crippen LogP contribution in [0.1, 0.15) is 89.5 Å². The number of hydrogen-bond donors (Lipinski definition) is 1. The molecule has 2 aliphatic heterocycles. The second-order valence-electron chi connectivity index (χ2n) is 16.1. The SMILES string of the molecule is CC1=C2C[C@H]3[C@@H](CC[C@@H]4Cc5nn(S(=O)(=O)c6ccc(C)cc6)cc5C[C@@]43C)[C@@H]2CC[C@@]2(C1)O[C@@H]1C[C@H](C)CN(N)[C@H]1[C@H]2C. The van der Waals surface area contributed by atoms with Gasteiger partial charge in [-0.2, -0.15) is 17.6 Å². The molecule has 0 bridgehead atoms. The summed E-state index contributed by atoms with van der Waals surface area (Å²) < 4.78 is 35.4. The van der Waals surface area contributed by atoms with Crippen LogP contribution in [0.4, 0.5) is 0 Å². The zero-order chi connectivity index (χ0) is 30.8. The number of piperidine rings is 1. The molecule has 3 heterocycles. The minimum absolute atomic E-state index is 0.0910. The molecular formula is C36H50N4O3S. The Labute approximate surface area is 263 Å². The molecule has 0 radical (unpaired) electrons. The van der Waals surface area contributed by atoms with Crippen LogP contribution in [0, 0.1) is 47.8 Å². The number of aromatic nitrogens is 2. The van der Waals surface area contributed by atoms with Crippen molar-refractivity contribution >= 4 is 10.0 Å². The van der Waals surface area contributed by atoms with Crippen molar-refractivity contribution in [3.05, 3.63) is 58.4 Å². The van der Waals surface area contributed by atoms with Crippen molar-refractivity contribution in [2.75, 3.05) is 6.54 Å². The Balaban J connectivity index is 1.06. The number of ether oxygens (including phenoxy) is 1. The highest BCUT2D eigenvalue weighted by Gasteiger charge is 2.60. The molecule has 6 aliphatic rings. The number of nitrogens with zero attached hydrogens (tertiary/aromatic N) is 3. The molecule has 2 saturated heterocycles. The Bertz CT molecular complexity index is 1610. The molecule has 238 valence electrons. The molecule has 2 saturated carbocycles. The first kappa shape index (κ1) is 29.4. The molecule has 4 fully saturated rings. The summed E-state index contributed by atoms with van der Waals surface area (Å²) in [6.07, 6.45) is 12.1. The average Bonchev–Trinajstić information content (AvgIpc) is 3.60. The highest BCUT2D eigenvalue weighted by atomic mass is 32.2. The molecule has 8 rings (SSSR count). The van der Waals surface area contributed by atoms with Crippen LogP contribution < -0.4 is 5.84 Å². The number of nitrogens with two attached hydrogens (primary N) is 1. The van der Waals surface area contributed by atoms with Crippen LogP contribution in [-0.2, 0) is 27.6 Å². The lowest BCUT2D eigenvalue weighted by atomic mass is 9.52. The van der Waals surface area contributed by atoms with Crippen LogP contribution >= 0.6 is 0 Å². The third kappa shape index (κ3) is 4.22. The van der Waals surface area contributed by atoms with E-state index in [1.807, 2.05) is 25.3 Å². The quantitative estimate of drug-likeness (QED) is 0.325. The van der Waals surface area contributed by atoms with Crippen molar-refractivity contribution in [2.45, 2.75) is 115 Å². The van der Waals surface area contributed by atoms with Crippen LogP contribution in [0.3, 0.4) is 0 Å². The van der Waals surface area contributed by atoms with Gasteiger partial charge in [0.25, 0.3) is 10.0 Å². The number of benzene rings is 1. The van der Waals surface area contributed by atoms with Crippen molar-refractivity contribution in [1.82, 2.24) is 14.2 Å². The molecule has 44 heavy (non-hydrogen) atoms. The van der Waals surface area contributed by atoms with Crippen LogP contribution in [0.15, 0.2) is 46.5 Å². The monoisotopic (exact) mass is 618 g/mol. The van der Waals surface area contributed by atoms with E-state index in [0.29, 0.717) is 46.4 Å². The van der Waals surface area contributed by atoms with Gasteiger partial charge in [-0.15, -0.1) is 0 Å². The maximum atomic E-state index is 13.5. The van der Waals surface area contributed by atoms with Crippen LogP contribution in [0.25, 0.3) is 0 Å². The zero-order valence-electron chi connectivity index (χ0n) is 27.1. The second kappa shape index (κ2) is 10.00. The summed E-state index contributed by atoms with van der Waals surface area (Å²) in [5.41, 5.74) is 6.55. The van der Waals surface area contributed by atoms with Gasteiger partial charge >= 0.3 is 0 Å². The van der Waals surface area contributed by atoms with Crippen LogP contribution in [0.5, 0.6) is 0 Å². The minimum atomic E-state index is -3.70. The topological polar surface area (TPSA) is 90.4 Å². The van der Waals surface area contributed by atoms with E-state index in [-0.39, 0.29) is 17.1 Å². The highest BCUT2D eigenvalue weighted by Crippen LogP contribution is 2.64. The highest BCUT2D eigenvalue weighted by molar-refractivity contribution is 7.89. The largest absolute Gasteiger partial charge is 0.369 e. The fourth-order valence-corrected chi connectivity index (χ4v) is 12.5. The van der Waals surface area contributed by atoms with Gasteiger partial charge in [0.1, 0.15) is 0 Å². The lowest BCUT2D eigenvalue weighted by Gasteiger charge is -2.52. The molecule has 0 unspecified atom stereocenters. The molecule has 8 heteroatoms. The first-order chi connectivity index (χ1) is 20.9. The molecular weight excluding hydrogens is 568 g/mol. The van der Waals surface area contributed by atoms with Gasteiger partial charge in [-0.1, -0.05) is 49.6 Å².